The Labute approximate surface area is 180 Å². The lowest BCUT2D eigenvalue weighted by molar-refractivity contribution is 0.0972. The second-order valence-corrected chi connectivity index (χ2v) is 7.48. The summed E-state index contributed by atoms with van der Waals surface area (Å²) < 4.78 is 6.84. The van der Waals surface area contributed by atoms with Gasteiger partial charge in [0, 0.05) is 24.4 Å². The quantitative estimate of drug-likeness (QED) is 0.427. The van der Waals surface area contributed by atoms with Crippen LogP contribution in [0.4, 0.5) is 11.5 Å². The van der Waals surface area contributed by atoms with E-state index in [-0.39, 0.29) is 17.4 Å². The van der Waals surface area contributed by atoms with Crippen LogP contribution in [0.15, 0.2) is 64.4 Å². The van der Waals surface area contributed by atoms with Crippen molar-refractivity contribution in [1.29, 1.82) is 0 Å². The number of aromatic nitrogens is 2. The third-order valence-corrected chi connectivity index (χ3v) is 5.22. The van der Waals surface area contributed by atoms with Gasteiger partial charge in [-0.15, -0.1) is 11.3 Å². The van der Waals surface area contributed by atoms with Crippen molar-refractivity contribution in [3.8, 4) is 11.3 Å². The number of thiophene rings is 1. The Kier molecular flexibility index (Phi) is 5.37. The number of furan rings is 1. The van der Waals surface area contributed by atoms with Crippen molar-refractivity contribution < 1.29 is 18.8 Å². The van der Waals surface area contributed by atoms with Crippen molar-refractivity contribution in [1.82, 2.24) is 9.78 Å². The molecule has 3 aromatic heterocycles. The lowest BCUT2D eigenvalue weighted by Crippen LogP contribution is -2.13. The van der Waals surface area contributed by atoms with Gasteiger partial charge in [0.2, 0.25) is 0 Å². The van der Waals surface area contributed by atoms with E-state index in [1.165, 1.54) is 28.2 Å². The van der Waals surface area contributed by atoms with Crippen LogP contribution in [0.2, 0.25) is 0 Å². The summed E-state index contributed by atoms with van der Waals surface area (Å²) in [7, 11) is 1.63. The maximum absolute atomic E-state index is 12.7. The molecule has 0 unspecified atom stereocenters. The molecule has 156 valence electrons. The van der Waals surface area contributed by atoms with E-state index in [9.17, 15) is 14.4 Å². The van der Waals surface area contributed by atoms with E-state index in [0.717, 1.165) is 0 Å². The number of anilines is 2. The molecule has 4 aromatic rings. The van der Waals surface area contributed by atoms with Crippen LogP contribution in [0.5, 0.6) is 0 Å². The van der Waals surface area contributed by atoms with Gasteiger partial charge in [0.1, 0.15) is 11.6 Å². The van der Waals surface area contributed by atoms with E-state index in [0.29, 0.717) is 27.7 Å². The molecule has 0 spiro atoms. The molecular formula is C21H17N5O4S. The lowest BCUT2D eigenvalue weighted by Gasteiger charge is -2.05. The molecule has 0 saturated carbocycles. The summed E-state index contributed by atoms with van der Waals surface area (Å²) in [5.41, 5.74) is 6.53. The van der Waals surface area contributed by atoms with Crippen molar-refractivity contribution in [3.63, 3.8) is 0 Å². The molecular weight excluding hydrogens is 418 g/mol. The predicted octanol–water partition coefficient (Wildman–Crippen LogP) is 3.35. The van der Waals surface area contributed by atoms with Crippen LogP contribution in [-0.2, 0) is 7.05 Å². The monoisotopic (exact) mass is 435 g/mol. The molecule has 10 heteroatoms. The van der Waals surface area contributed by atoms with Crippen molar-refractivity contribution >= 4 is 40.6 Å². The number of carbonyl (C=O) groups is 3. The summed E-state index contributed by atoms with van der Waals surface area (Å²) in [4.78, 5) is 36.7. The number of nitrogens with zero attached hydrogens (tertiary/aromatic N) is 2. The molecule has 0 fully saturated rings. The summed E-state index contributed by atoms with van der Waals surface area (Å²) in [6.45, 7) is 0. The fourth-order valence-corrected chi connectivity index (χ4v) is 3.47. The number of nitrogens with one attached hydrogen (secondary N) is 2. The minimum absolute atomic E-state index is 0.0510. The largest absolute Gasteiger partial charge is 0.451 e. The molecule has 0 saturated heterocycles. The summed E-state index contributed by atoms with van der Waals surface area (Å²) in [6, 6.07) is 15.0. The average molecular weight is 435 g/mol. The average Bonchev–Trinajstić information content (AvgIpc) is 3.50. The number of benzene rings is 1. The van der Waals surface area contributed by atoms with Gasteiger partial charge in [0.25, 0.3) is 17.7 Å². The molecule has 0 radical (unpaired) electrons. The summed E-state index contributed by atoms with van der Waals surface area (Å²) in [6.07, 6.45) is 0. The number of amides is 3. The molecule has 0 bridgehead atoms. The Morgan fingerprint density at radius 1 is 1.03 bits per heavy atom. The van der Waals surface area contributed by atoms with E-state index < -0.39 is 11.8 Å². The highest BCUT2D eigenvalue weighted by atomic mass is 32.1. The first-order valence-corrected chi connectivity index (χ1v) is 9.99. The molecule has 0 aliphatic carbocycles. The highest BCUT2D eigenvalue weighted by Crippen LogP contribution is 2.25. The van der Waals surface area contributed by atoms with Crippen molar-refractivity contribution in [2.45, 2.75) is 0 Å². The number of hydrogen-bond acceptors (Lipinski definition) is 6. The molecule has 4 rings (SSSR count). The zero-order chi connectivity index (χ0) is 22.0. The standard InChI is InChI=1S/C21H17N5O4S/c1-26-18(24-21(29)17-6-3-9-31-17)11-14(25-26)20(28)23-13-5-2-4-12(10-13)15-7-8-16(30-15)19(22)27/h2-11H,1H3,(H2,22,27)(H,23,28)(H,24,29). The lowest BCUT2D eigenvalue weighted by atomic mass is 10.1. The number of hydrogen-bond donors (Lipinski definition) is 3. The van der Waals surface area contributed by atoms with E-state index in [4.69, 9.17) is 10.2 Å². The molecule has 9 nitrogen and oxygen atoms in total. The minimum atomic E-state index is -0.659. The Morgan fingerprint density at radius 2 is 1.87 bits per heavy atom. The van der Waals surface area contributed by atoms with Gasteiger partial charge in [-0.25, -0.2) is 0 Å². The van der Waals surface area contributed by atoms with Crippen molar-refractivity contribution in [2.75, 3.05) is 10.6 Å². The SMILES string of the molecule is Cn1nc(C(=O)Nc2cccc(-c3ccc(C(N)=O)o3)c2)cc1NC(=O)c1cccs1. The maximum atomic E-state index is 12.7. The number of aryl methyl sites for hydroxylation is 1. The smallest absolute Gasteiger partial charge is 0.284 e. The van der Waals surface area contributed by atoms with Crippen LogP contribution >= 0.6 is 11.3 Å². The first-order chi connectivity index (χ1) is 14.9. The topological polar surface area (TPSA) is 132 Å². The first-order valence-electron chi connectivity index (χ1n) is 9.11. The highest BCUT2D eigenvalue weighted by molar-refractivity contribution is 7.12. The van der Waals surface area contributed by atoms with Crippen LogP contribution in [0.25, 0.3) is 11.3 Å². The number of rotatable bonds is 6. The van der Waals surface area contributed by atoms with Crippen molar-refractivity contribution in [2.24, 2.45) is 12.8 Å². The fraction of sp³-hybridized carbons (Fsp3) is 0.0476. The Hall–Kier alpha value is -4.18. The number of carbonyl (C=O) groups excluding carboxylic acids is 3. The van der Waals surface area contributed by atoms with Gasteiger partial charge in [0.15, 0.2) is 11.5 Å². The van der Waals surface area contributed by atoms with Gasteiger partial charge in [-0.3, -0.25) is 19.1 Å². The number of primary amides is 1. The van der Waals surface area contributed by atoms with Gasteiger partial charge in [-0.2, -0.15) is 5.10 Å². The molecule has 3 amide bonds. The fourth-order valence-electron chi connectivity index (χ4n) is 2.85. The molecule has 0 atom stereocenters. The van der Waals surface area contributed by atoms with Crippen LogP contribution in [0, 0.1) is 0 Å². The zero-order valence-electron chi connectivity index (χ0n) is 16.3. The highest BCUT2D eigenvalue weighted by Gasteiger charge is 2.16. The zero-order valence-corrected chi connectivity index (χ0v) is 17.1. The third-order valence-electron chi connectivity index (χ3n) is 4.35. The van der Waals surface area contributed by atoms with Crippen LogP contribution in [0.1, 0.15) is 30.7 Å². The molecule has 1 aromatic carbocycles. The van der Waals surface area contributed by atoms with Crippen LogP contribution < -0.4 is 16.4 Å². The second kappa shape index (κ2) is 8.28. The van der Waals surface area contributed by atoms with Gasteiger partial charge in [0.05, 0.1) is 4.88 Å². The van der Waals surface area contributed by atoms with E-state index in [2.05, 4.69) is 15.7 Å². The summed E-state index contributed by atoms with van der Waals surface area (Å²) in [5.74, 6) is -0.482. The Morgan fingerprint density at radius 3 is 2.58 bits per heavy atom. The van der Waals surface area contributed by atoms with Gasteiger partial charge < -0.3 is 20.8 Å². The molecule has 0 aliphatic heterocycles. The minimum Gasteiger partial charge on any atom is -0.451 e. The third kappa shape index (κ3) is 4.38. The van der Waals surface area contributed by atoms with Crippen LogP contribution in [0.3, 0.4) is 0 Å². The van der Waals surface area contributed by atoms with Gasteiger partial charge in [-0.1, -0.05) is 18.2 Å². The number of nitrogens with two attached hydrogens (primary N) is 1. The predicted molar refractivity (Wildman–Crippen MR) is 116 cm³/mol. The van der Waals surface area contributed by atoms with Gasteiger partial charge in [-0.05, 0) is 35.7 Å². The maximum Gasteiger partial charge on any atom is 0.284 e. The van der Waals surface area contributed by atoms with Gasteiger partial charge >= 0.3 is 0 Å². The second-order valence-electron chi connectivity index (χ2n) is 6.53. The van der Waals surface area contributed by atoms with Crippen LogP contribution in [-0.4, -0.2) is 27.5 Å². The summed E-state index contributed by atoms with van der Waals surface area (Å²) in [5, 5.41) is 11.5. The normalized spacial score (nSPS) is 10.6. The molecule has 31 heavy (non-hydrogen) atoms. The van der Waals surface area contributed by atoms with Crippen molar-refractivity contribution in [3.05, 3.63) is 76.3 Å². The summed E-state index contributed by atoms with van der Waals surface area (Å²) >= 11 is 1.32. The Balaban J connectivity index is 1.48. The Bertz CT molecular complexity index is 1270. The van der Waals surface area contributed by atoms with E-state index in [1.807, 2.05) is 5.38 Å². The molecule has 3 heterocycles. The first kappa shape index (κ1) is 20.1. The molecule has 4 N–H and O–H groups in total. The van der Waals surface area contributed by atoms with E-state index in [1.54, 1.807) is 49.5 Å². The molecule has 0 aliphatic rings. The van der Waals surface area contributed by atoms with E-state index >= 15 is 0 Å².